The summed E-state index contributed by atoms with van der Waals surface area (Å²) in [5, 5.41) is 14.7. The molecule has 0 saturated carbocycles. The van der Waals surface area contributed by atoms with Gasteiger partial charge >= 0.3 is 0 Å². The molecule has 1 saturated heterocycles. The highest BCUT2D eigenvalue weighted by Gasteiger charge is 2.49. The zero-order chi connectivity index (χ0) is 21.8. The maximum atomic E-state index is 13.4. The smallest absolute Gasteiger partial charge is 0.239 e. The Morgan fingerprint density at radius 1 is 1.23 bits per heavy atom. The Hall–Kier alpha value is -3.39. The number of carbonyl (C=O) groups is 1. The van der Waals surface area contributed by atoms with Crippen molar-refractivity contribution >= 4 is 47.5 Å². The van der Waals surface area contributed by atoms with E-state index in [1.54, 1.807) is 24.6 Å². The summed E-state index contributed by atoms with van der Waals surface area (Å²) in [6, 6.07) is 11.9. The first-order valence-corrected chi connectivity index (χ1v) is 10.9. The number of carbonyl (C=O) groups excluding carboxylic acids is 1. The van der Waals surface area contributed by atoms with Crippen LogP contribution in [0.25, 0.3) is 22.1 Å². The largest absolute Gasteiger partial charge is 0.464 e. The van der Waals surface area contributed by atoms with Crippen LogP contribution >= 0.6 is 11.3 Å². The second-order valence-electron chi connectivity index (χ2n) is 8.17. The highest BCUT2D eigenvalue weighted by atomic mass is 32.1. The van der Waals surface area contributed by atoms with Gasteiger partial charge in [-0.2, -0.15) is 0 Å². The fourth-order valence-electron chi connectivity index (χ4n) is 4.27. The molecule has 1 aliphatic heterocycles. The number of fused-ring (bicyclic) bond motifs is 1. The number of hydrogen-bond donors (Lipinski definition) is 2. The van der Waals surface area contributed by atoms with Crippen LogP contribution < -0.4 is 10.8 Å². The van der Waals surface area contributed by atoms with Gasteiger partial charge in [0, 0.05) is 35.3 Å². The number of hydrogen-bond acceptors (Lipinski definition) is 5. The number of nitrogens with one attached hydrogen (secondary N) is 2. The average Bonchev–Trinajstić information content (AvgIpc) is 3.42. The van der Waals surface area contributed by atoms with Gasteiger partial charge in [-0.15, -0.1) is 11.3 Å². The monoisotopic (exact) mass is 428 g/mol. The molecule has 154 valence electrons. The van der Waals surface area contributed by atoms with Crippen molar-refractivity contribution < 1.29 is 9.21 Å². The van der Waals surface area contributed by atoms with Gasteiger partial charge in [0.2, 0.25) is 5.91 Å². The number of pyridine rings is 1. The van der Waals surface area contributed by atoms with E-state index in [-0.39, 0.29) is 11.9 Å². The number of furan rings is 1. The second-order valence-corrected chi connectivity index (χ2v) is 9.09. The Bertz CT molecular complexity index is 1330. The van der Waals surface area contributed by atoms with Gasteiger partial charge in [0.1, 0.15) is 13.4 Å². The molecule has 6 nitrogen and oxygen atoms in total. The van der Waals surface area contributed by atoms with Crippen LogP contribution in [0.2, 0.25) is 0 Å². The van der Waals surface area contributed by atoms with Crippen LogP contribution in [0.15, 0.2) is 64.9 Å². The van der Waals surface area contributed by atoms with Crippen molar-refractivity contribution in [1.82, 2.24) is 15.2 Å². The van der Waals surface area contributed by atoms with E-state index in [1.165, 1.54) is 4.90 Å². The van der Waals surface area contributed by atoms with Crippen LogP contribution in [0.5, 0.6) is 0 Å². The lowest BCUT2D eigenvalue weighted by atomic mass is 9.76. The van der Waals surface area contributed by atoms with Crippen molar-refractivity contribution in [2.24, 2.45) is 0 Å². The standard InChI is InChI=1S/C23H21BN4O2S/c1-23(19-9-16(12-31-19)15-8-17(24)11-26-10-15)20(21(29)28(2)22(25)27-23)14-3-4-18-13(7-14)5-6-30-18/h3-12,20H,24H2,1-2H3,(H2,25,27)/t20-,23+/m0/s1. The lowest BCUT2D eigenvalue weighted by molar-refractivity contribution is -0.131. The first-order chi connectivity index (χ1) is 14.9. The van der Waals surface area contributed by atoms with Crippen LogP contribution in [0.4, 0.5) is 0 Å². The quantitative estimate of drug-likeness (QED) is 0.492. The Kier molecular flexibility index (Phi) is 4.48. The van der Waals surface area contributed by atoms with Crippen molar-refractivity contribution in [3.05, 3.63) is 70.9 Å². The first kappa shape index (κ1) is 19.6. The van der Waals surface area contributed by atoms with Gasteiger partial charge in [-0.1, -0.05) is 17.6 Å². The lowest BCUT2D eigenvalue weighted by Crippen LogP contribution is -2.62. The highest BCUT2D eigenvalue weighted by molar-refractivity contribution is 7.10. The molecule has 0 aliphatic carbocycles. The average molecular weight is 428 g/mol. The van der Waals surface area contributed by atoms with E-state index in [9.17, 15) is 4.79 Å². The normalized spacial score (nSPS) is 21.5. The molecule has 4 heterocycles. The number of thiophene rings is 1. The molecule has 1 amide bonds. The number of benzene rings is 1. The molecular weight excluding hydrogens is 407 g/mol. The third-order valence-electron chi connectivity index (χ3n) is 6.00. The zero-order valence-electron chi connectivity index (χ0n) is 17.5. The molecule has 2 N–H and O–H groups in total. The van der Waals surface area contributed by atoms with Crippen LogP contribution in [0.3, 0.4) is 0 Å². The Labute approximate surface area is 184 Å². The van der Waals surface area contributed by atoms with Crippen molar-refractivity contribution in [2.75, 3.05) is 7.05 Å². The van der Waals surface area contributed by atoms with Gasteiger partial charge in [-0.3, -0.25) is 20.1 Å². The van der Waals surface area contributed by atoms with Crippen LogP contribution in [-0.2, 0) is 10.3 Å². The van der Waals surface area contributed by atoms with Crippen LogP contribution in [-0.4, -0.2) is 36.6 Å². The van der Waals surface area contributed by atoms with Gasteiger partial charge < -0.3 is 9.73 Å². The molecule has 31 heavy (non-hydrogen) atoms. The van der Waals surface area contributed by atoms with Crippen molar-refractivity contribution in [2.45, 2.75) is 18.4 Å². The van der Waals surface area contributed by atoms with Gasteiger partial charge in [-0.25, -0.2) is 0 Å². The van der Waals surface area contributed by atoms with Gasteiger partial charge in [0.25, 0.3) is 0 Å². The summed E-state index contributed by atoms with van der Waals surface area (Å²) >= 11 is 1.59. The number of nitrogens with zero attached hydrogens (tertiary/aromatic N) is 2. The number of likely N-dealkylation sites (N-methyl/N-ethyl adjacent to an activating group) is 1. The van der Waals surface area contributed by atoms with E-state index < -0.39 is 11.5 Å². The van der Waals surface area contributed by atoms with E-state index in [2.05, 4.69) is 27.8 Å². The predicted molar refractivity (Wildman–Crippen MR) is 126 cm³/mol. The Morgan fingerprint density at radius 2 is 2.06 bits per heavy atom. The molecule has 8 heteroatoms. The molecule has 4 aromatic rings. The lowest BCUT2D eigenvalue weighted by Gasteiger charge is -2.45. The molecule has 0 spiro atoms. The maximum Gasteiger partial charge on any atom is 0.239 e. The first-order valence-electron chi connectivity index (χ1n) is 9.99. The minimum absolute atomic E-state index is 0.0975. The predicted octanol–water partition coefficient (Wildman–Crippen LogP) is 2.81. The fraction of sp³-hybridized carbons (Fsp3) is 0.174. The summed E-state index contributed by atoms with van der Waals surface area (Å²) in [6.45, 7) is 2.00. The van der Waals surface area contributed by atoms with Gasteiger partial charge in [-0.05, 0) is 47.7 Å². The fourth-order valence-corrected chi connectivity index (χ4v) is 5.34. The molecule has 5 rings (SSSR count). The Morgan fingerprint density at radius 3 is 2.87 bits per heavy atom. The van der Waals surface area contributed by atoms with Crippen LogP contribution in [0, 0.1) is 5.41 Å². The van der Waals surface area contributed by atoms with Crippen molar-refractivity contribution in [3.63, 3.8) is 0 Å². The highest BCUT2D eigenvalue weighted by Crippen LogP contribution is 2.44. The minimum Gasteiger partial charge on any atom is -0.464 e. The zero-order valence-corrected chi connectivity index (χ0v) is 18.3. The molecule has 1 fully saturated rings. The molecular formula is C23H21BN4O2S. The van der Waals surface area contributed by atoms with Crippen LogP contribution in [0.1, 0.15) is 23.3 Å². The van der Waals surface area contributed by atoms with E-state index in [0.717, 1.165) is 38.0 Å². The SMILES string of the molecule is Bc1cncc(-c2csc([C@@]3(C)NC(=N)N(C)C(=O)[C@@H]3c3ccc4occc4c3)c2)c1. The molecule has 2 atom stereocenters. The summed E-state index contributed by atoms with van der Waals surface area (Å²) in [5.41, 5.74) is 4.10. The van der Waals surface area contributed by atoms with Gasteiger partial charge in [0.15, 0.2) is 5.96 Å². The minimum atomic E-state index is -0.766. The van der Waals surface area contributed by atoms with E-state index in [4.69, 9.17) is 9.83 Å². The third kappa shape index (κ3) is 3.14. The Balaban J connectivity index is 1.63. The van der Waals surface area contributed by atoms with E-state index in [1.807, 2.05) is 51.4 Å². The molecule has 1 aromatic carbocycles. The number of rotatable bonds is 3. The molecule has 0 unspecified atom stereocenters. The maximum absolute atomic E-state index is 13.4. The number of amides is 1. The van der Waals surface area contributed by atoms with E-state index >= 15 is 0 Å². The molecule has 0 bridgehead atoms. The molecule has 1 aliphatic rings. The summed E-state index contributed by atoms with van der Waals surface area (Å²) in [6.07, 6.45) is 5.33. The van der Waals surface area contributed by atoms with Crippen molar-refractivity contribution in [1.29, 1.82) is 5.41 Å². The van der Waals surface area contributed by atoms with E-state index in [0.29, 0.717) is 0 Å². The summed E-state index contributed by atoms with van der Waals surface area (Å²) in [5.74, 6) is -0.505. The third-order valence-corrected chi connectivity index (χ3v) is 7.17. The molecule has 0 radical (unpaired) electrons. The number of aromatic nitrogens is 1. The topological polar surface area (TPSA) is 82.2 Å². The number of guanidine groups is 1. The summed E-state index contributed by atoms with van der Waals surface area (Å²) in [4.78, 5) is 20.1. The summed E-state index contributed by atoms with van der Waals surface area (Å²) < 4.78 is 5.47. The second kappa shape index (κ2) is 7.09. The van der Waals surface area contributed by atoms with Crippen molar-refractivity contribution in [3.8, 4) is 11.1 Å². The molecule has 3 aromatic heterocycles. The summed E-state index contributed by atoms with van der Waals surface area (Å²) in [7, 11) is 3.66. The van der Waals surface area contributed by atoms with Gasteiger partial charge in [0.05, 0.1) is 17.7 Å².